The topological polar surface area (TPSA) is 20.3 Å². The van der Waals surface area contributed by atoms with Crippen LogP contribution in [-0.4, -0.2) is 23.8 Å². The van der Waals surface area contributed by atoms with Crippen LogP contribution in [0.25, 0.3) is 0 Å². The standard InChI is InChI=1S/C15H23NO.C2H6/c1-4-10-16(5-2)12-15-9-7-6-8-14(15)11-13(3)17;1-2/h6-9H,4-5,10-12H2,1-3H3;1-2H3. The van der Waals surface area contributed by atoms with Gasteiger partial charge < -0.3 is 0 Å². The lowest BCUT2D eigenvalue weighted by atomic mass is 10.0. The molecule has 1 rings (SSSR count). The molecule has 0 saturated heterocycles. The SMILES string of the molecule is CC.CCCN(CC)Cc1ccccc1CC(C)=O. The highest BCUT2D eigenvalue weighted by Gasteiger charge is 2.08. The number of nitrogens with zero attached hydrogens (tertiary/aromatic N) is 1. The summed E-state index contributed by atoms with van der Waals surface area (Å²) in [5.41, 5.74) is 2.47. The molecule has 0 spiro atoms. The maximum Gasteiger partial charge on any atom is 0.134 e. The van der Waals surface area contributed by atoms with Crippen molar-refractivity contribution in [3.05, 3.63) is 35.4 Å². The molecule has 0 aromatic heterocycles. The normalized spacial score (nSPS) is 10.0. The number of Topliss-reactive ketones (excluding diaryl/α,β-unsaturated/α-hetero) is 1. The van der Waals surface area contributed by atoms with Gasteiger partial charge in [0.2, 0.25) is 0 Å². The zero-order valence-electron chi connectivity index (χ0n) is 13.2. The molecule has 0 aliphatic carbocycles. The number of hydrogen-bond acceptors (Lipinski definition) is 2. The quantitative estimate of drug-likeness (QED) is 0.739. The summed E-state index contributed by atoms with van der Waals surface area (Å²) in [5.74, 6) is 0.232. The minimum Gasteiger partial charge on any atom is -0.300 e. The molecular formula is C17H29NO. The fourth-order valence-electron chi connectivity index (χ4n) is 2.06. The van der Waals surface area contributed by atoms with Gasteiger partial charge >= 0.3 is 0 Å². The van der Waals surface area contributed by atoms with Crippen molar-refractivity contribution in [3.8, 4) is 0 Å². The Kier molecular flexibility index (Phi) is 10.1. The molecule has 0 aliphatic rings. The molecule has 0 heterocycles. The van der Waals surface area contributed by atoms with Crippen LogP contribution in [0, 0.1) is 0 Å². The van der Waals surface area contributed by atoms with Crippen LogP contribution >= 0.6 is 0 Å². The molecule has 0 atom stereocenters. The summed E-state index contributed by atoms with van der Waals surface area (Å²) in [6.45, 7) is 13.2. The van der Waals surface area contributed by atoms with Gasteiger partial charge in [-0.2, -0.15) is 0 Å². The summed E-state index contributed by atoms with van der Waals surface area (Å²) < 4.78 is 0. The second-order valence-corrected chi connectivity index (χ2v) is 4.52. The molecule has 108 valence electrons. The highest BCUT2D eigenvalue weighted by atomic mass is 16.1. The third-order valence-corrected chi connectivity index (χ3v) is 2.94. The monoisotopic (exact) mass is 263 g/mol. The Morgan fingerprint density at radius 3 is 2.16 bits per heavy atom. The lowest BCUT2D eigenvalue weighted by Crippen LogP contribution is -2.24. The Hall–Kier alpha value is -1.15. The maximum atomic E-state index is 11.2. The summed E-state index contributed by atoms with van der Waals surface area (Å²) in [7, 11) is 0. The largest absolute Gasteiger partial charge is 0.300 e. The number of hydrogen-bond donors (Lipinski definition) is 0. The molecular weight excluding hydrogens is 234 g/mol. The summed E-state index contributed by atoms with van der Waals surface area (Å²) >= 11 is 0. The highest BCUT2D eigenvalue weighted by Crippen LogP contribution is 2.13. The van der Waals surface area contributed by atoms with E-state index in [1.807, 2.05) is 19.9 Å². The van der Waals surface area contributed by atoms with Crippen LogP contribution in [0.5, 0.6) is 0 Å². The van der Waals surface area contributed by atoms with E-state index in [0.717, 1.165) is 19.6 Å². The van der Waals surface area contributed by atoms with Gasteiger partial charge in [0.1, 0.15) is 5.78 Å². The lowest BCUT2D eigenvalue weighted by Gasteiger charge is -2.21. The number of carbonyl (C=O) groups excluding carboxylic acids is 1. The van der Waals surface area contributed by atoms with Gasteiger partial charge in [-0.25, -0.2) is 0 Å². The first-order valence-corrected chi connectivity index (χ1v) is 7.46. The molecule has 1 aromatic rings. The first-order valence-electron chi connectivity index (χ1n) is 7.46. The second-order valence-electron chi connectivity index (χ2n) is 4.52. The molecule has 2 heteroatoms. The first kappa shape index (κ1) is 17.8. The van der Waals surface area contributed by atoms with Crippen LogP contribution < -0.4 is 0 Å². The van der Waals surface area contributed by atoms with Crippen molar-refractivity contribution < 1.29 is 4.79 Å². The van der Waals surface area contributed by atoms with E-state index in [0.29, 0.717) is 6.42 Å². The van der Waals surface area contributed by atoms with E-state index in [4.69, 9.17) is 0 Å². The average molecular weight is 263 g/mol. The van der Waals surface area contributed by atoms with Gasteiger partial charge in [0, 0.05) is 13.0 Å². The highest BCUT2D eigenvalue weighted by molar-refractivity contribution is 5.78. The van der Waals surface area contributed by atoms with Gasteiger partial charge in [-0.1, -0.05) is 52.0 Å². The van der Waals surface area contributed by atoms with Crippen molar-refractivity contribution in [2.24, 2.45) is 0 Å². The minimum atomic E-state index is 0.232. The Morgan fingerprint density at radius 2 is 1.68 bits per heavy atom. The van der Waals surface area contributed by atoms with Gasteiger partial charge in [0.15, 0.2) is 0 Å². The molecule has 0 radical (unpaired) electrons. The number of carbonyl (C=O) groups is 1. The maximum absolute atomic E-state index is 11.2. The molecule has 19 heavy (non-hydrogen) atoms. The Morgan fingerprint density at radius 1 is 1.11 bits per heavy atom. The molecule has 0 fully saturated rings. The smallest absolute Gasteiger partial charge is 0.134 e. The Bertz CT molecular complexity index is 360. The summed E-state index contributed by atoms with van der Waals surface area (Å²) in [6, 6.07) is 8.27. The van der Waals surface area contributed by atoms with Crippen molar-refractivity contribution >= 4 is 5.78 Å². The van der Waals surface area contributed by atoms with Gasteiger partial charge in [-0.15, -0.1) is 0 Å². The second kappa shape index (κ2) is 10.7. The third-order valence-electron chi connectivity index (χ3n) is 2.94. The number of benzene rings is 1. The zero-order chi connectivity index (χ0) is 14.7. The van der Waals surface area contributed by atoms with E-state index < -0.39 is 0 Å². The molecule has 0 N–H and O–H groups in total. The van der Waals surface area contributed by atoms with Crippen LogP contribution in [0.3, 0.4) is 0 Å². The number of ketones is 1. The summed E-state index contributed by atoms with van der Waals surface area (Å²) in [5, 5.41) is 0. The molecule has 2 nitrogen and oxygen atoms in total. The molecule has 0 unspecified atom stereocenters. The zero-order valence-corrected chi connectivity index (χ0v) is 13.2. The molecule has 0 bridgehead atoms. The summed E-state index contributed by atoms with van der Waals surface area (Å²) in [6.07, 6.45) is 1.72. The average Bonchev–Trinajstić information content (AvgIpc) is 2.42. The minimum absolute atomic E-state index is 0.232. The van der Waals surface area contributed by atoms with E-state index in [1.165, 1.54) is 17.5 Å². The van der Waals surface area contributed by atoms with Crippen LogP contribution in [0.15, 0.2) is 24.3 Å². The van der Waals surface area contributed by atoms with E-state index in [-0.39, 0.29) is 5.78 Å². The molecule has 0 aliphatic heterocycles. The van der Waals surface area contributed by atoms with Crippen molar-refractivity contribution in [3.63, 3.8) is 0 Å². The van der Waals surface area contributed by atoms with Crippen molar-refractivity contribution in [1.82, 2.24) is 4.90 Å². The van der Waals surface area contributed by atoms with Crippen LogP contribution in [0.4, 0.5) is 0 Å². The van der Waals surface area contributed by atoms with Gasteiger partial charge in [-0.3, -0.25) is 9.69 Å². The van der Waals surface area contributed by atoms with E-state index in [2.05, 4.69) is 36.9 Å². The third kappa shape index (κ3) is 7.12. The van der Waals surface area contributed by atoms with E-state index >= 15 is 0 Å². The van der Waals surface area contributed by atoms with Gasteiger partial charge in [-0.05, 0) is 37.6 Å². The number of rotatable bonds is 7. The molecule has 0 amide bonds. The van der Waals surface area contributed by atoms with Crippen LogP contribution in [0.1, 0.15) is 52.2 Å². The molecule has 0 saturated carbocycles. The predicted octanol–water partition coefficient (Wildman–Crippen LogP) is 4.08. The van der Waals surface area contributed by atoms with Gasteiger partial charge in [0.05, 0.1) is 0 Å². The van der Waals surface area contributed by atoms with Crippen LogP contribution in [-0.2, 0) is 17.8 Å². The van der Waals surface area contributed by atoms with E-state index in [1.54, 1.807) is 6.92 Å². The van der Waals surface area contributed by atoms with Crippen molar-refractivity contribution in [2.75, 3.05) is 13.1 Å². The van der Waals surface area contributed by atoms with Crippen molar-refractivity contribution in [2.45, 2.75) is 54.0 Å². The van der Waals surface area contributed by atoms with Gasteiger partial charge in [0.25, 0.3) is 0 Å². The van der Waals surface area contributed by atoms with E-state index in [9.17, 15) is 4.79 Å². The molecule has 1 aromatic carbocycles. The summed E-state index contributed by atoms with van der Waals surface area (Å²) in [4.78, 5) is 13.6. The van der Waals surface area contributed by atoms with Crippen molar-refractivity contribution in [1.29, 1.82) is 0 Å². The Labute approximate surface area is 118 Å². The van der Waals surface area contributed by atoms with Crippen LogP contribution in [0.2, 0.25) is 0 Å². The fraction of sp³-hybridized carbons (Fsp3) is 0.588. The predicted molar refractivity (Wildman–Crippen MR) is 83.4 cm³/mol. The lowest BCUT2D eigenvalue weighted by molar-refractivity contribution is -0.116. The fourth-order valence-corrected chi connectivity index (χ4v) is 2.06. The Balaban J connectivity index is 0.00000154. The first-order chi connectivity index (χ1) is 9.17.